The number of hydrogen-bond donors (Lipinski definition) is 0. The predicted octanol–water partition coefficient (Wildman–Crippen LogP) is 2.49. The number of alkyl halides is 2. The van der Waals surface area contributed by atoms with Crippen molar-refractivity contribution in [3.05, 3.63) is 30.3 Å². The van der Waals surface area contributed by atoms with Crippen molar-refractivity contribution < 1.29 is 13.5 Å². The van der Waals surface area contributed by atoms with Crippen LogP contribution in [0.15, 0.2) is 30.3 Å². The lowest BCUT2D eigenvalue weighted by molar-refractivity contribution is -0.0892. The van der Waals surface area contributed by atoms with Crippen LogP contribution in [0, 0.1) is 0 Å². The molecule has 0 radical (unpaired) electrons. The van der Waals surface area contributed by atoms with Crippen LogP contribution in [0.25, 0.3) is 0 Å². The number of benzene rings is 1. The summed E-state index contributed by atoms with van der Waals surface area (Å²) >= 11 is 0. The Balaban J connectivity index is 2.66. The summed E-state index contributed by atoms with van der Waals surface area (Å²) in [5.74, 6) is -3.02. The Morgan fingerprint density at radius 1 is 1.18 bits per heavy atom. The molecule has 0 bridgehead atoms. The molecule has 0 heterocycles. The lowest BCUT2D eigenvalue weighted by atomic mass is 10.3. The molecule has 0 aliphatic rings. The second-order valence-electron chi connectivity index (χ2n) is 1.98. The van der Waals surface area contributed by atoms with E-state index in [0.29, 0.717) is 0 Å². The summed E-state index contributed by atoms with van der Waals surface area (Å²) in [6, 6.07) is 7.93. The molecule has 0 amide bonds. The second kappa shape index (κ2) is 3.14. The van der Waals surface area contributed by atoms with E-state index in [4.69, 9.17) is 0 Å². The summed E-state index contributed by atoms with van der Waals surface area (Å²) in [6.07, 6.45) is 0. The van der Waals surface area contributed by atoms with E-state index in [9.17, 15) is 8.78 Å². The molecule has 1 rings (SSSR count). The van der Waals surface area contributed by atoms with Crippen molar-refractivity contribution in [1.29, 1.82) is 0 Å². The van der Waals surface area contributed by atoms with Gasteiger partial charge in [-0.25, -0.2) is 0 Å². The monoisotopic (exact) mass is 176 g/mol. The lowest BCUT2D eigenvalue weighted by Gasteiger charge is -2.11. The topological polar surface area (TPSA) is 9.23 Å². The van der Waals surface area contributed by atoms with Crippen molar-refractivity contribution in [2.24, 2.45) is 0 Å². The number of para-hydroxylation sites is 1. The molecule has 0 aromatic heterocycles. The van der Waals surface area contributed by atoms with Gasteiger partial charge in [-0.1, -0.05) is 18.2 Å². The molecule has 11 heavy (non-hydrogen) atoms. The molecular formula is C7H7F2OP. The molecule has 1 aromatic carbocycles. The highest BCUT2D eigenvalue weighted by Crippen LogP contribution is 2.26. The Kier molecular flexibility index (Phi) is 2.40. The van der Waals surface area contributed by atoms with Crippen molar-refractivity contribution >= 4 is 9.24 Å². The highest BCUT2D eigenvalue weighted by atomic mass is 31.0. The van der Waals surface area contributed by atoms with E-state index < -0.39 is 5.85 Å². The molecule has 1 nitrogen and oxygen atoms in total. The first-order valence-corrected chi connectivity index (χ1v) is 3.56. The van der Waals surface area contributed by atoms with E-state index in [-0.39, 0.29) is 5.75 Å². The zero-order chi connectivity index (χ0) is 8.32. The highest BCUT2D eigenvalue weighted by Gasteiger charge is 2.22. The SMILES string of the molecule is FC(F)(P)Oc1ccccc1. The maximum absolute atomic E-state index is 12.1. The molecule has 0 saturated carbocycles. The molecule has 0 fully saturated rings. The van der Waals surface area contributed by atoms with E-state index in [1.54, 1.807) is 18.2 Å². The maximum atomic E-state index is 12.1. The van der Waals surface area contributed by atoms with Gasteiger partial charge in [-0.15, -0.1) is 0 Å². The van der Waals surface area contributed by atoms with Crippen molar-refractivity contribution in [2.45, 2.75) is 5.85 Å². The van der Waals surface area contributed by atoms with Gasteiger partial charge < -0.3 is 4.74 Å². The van der Waals surface area contributed by atoms with Crippen LogP contribution in [-0.4, -0.2) is 5.85 Å². The standard InChI is InChI=1S/C7H7F2OP/c8-7(9,11)10-6-4-2-1-3-5-6/h1-5H,11H2. The highest BCUT2D eigenvalue weighted by molar-refractivity contribution is 7.17. The van der Waals surface area contributed by atoms with Crippen molar-refractivity contribution in [3.8, 4) is 5.75 Å². The van der Waals surface area contributed by atoms with Gasteiger partial charge in [0.25, 0.3) is 0 Å². The van der Waals surface area contributed by atoms with Crippen molar-refractivity contribution in [3.63, 3.8) is 0 Å². The Morgan fingerprint density at radius 3 is 2.18 bits per heavy atom. The molecule has 1 aromatic rings. The van der Waals surface area contributed by atoms with E-state index in [1.807, 2.05) is 0 Å². The minimum Gasteiger partial charge on any atom is -0.430 e. The molecule has 1 unspecified atom stereocenters. The number of hydrogen-bond acceptors (Lipinski definition) is 1. The summed E-state index contributed by atoms with van der Waals surface area (Å²) in [5.41, 5.74) is 0. The van der Waals surface area contributed by atoms with Gasteiger partial charge in [-0.2, -0.15) is 8.78 Å². The largest absolute Gasteiger partial charge is 0.430 e. The average Bonchev–Trinajstić information content (AvgIpc) is 1.85. The molecule has 0 saturated heterocycles. The van der Waals surface area contributed by atoms with Crippen LogP contribution < -0.4 is 4.74 Å². The summed E-state index contributed by atoms with van der Waals surface area (Å²) in [7, 11) is 1.31. The minimum absolute atomic E-state index is 0.160. The van der Waals surface area contributed by atoms with E-state index in [1.165, 1.54) is 21.4 Å². The van der Waals surface area contributed by atoms with Crippen LogP contribution in [0.3, 0.4) is 0 Å². The second-order valence-corrected chi connectivity index (χ2v) is 2.65. The summed E-state index contributed by atoms with van der Waals surface area (Å²) in [4.78, 5) is 0. The molecule has 60 valence electrons. The van der Waals surface area contributed by atoms with Crippen LogP contribution >= 0.6 is 9.24 Å². The van der Waals surface area contributed by atoms with Gasteiger partial charge >= 0.3 is 5.85 Å². The first-order valence-electron chi connectivity index (χ1n) is 2.99. The van der Waals surface area contributed by atoms with Crippen LogP contribution in [-0.2, 0) is 0 Å². The molecule has 0 aliphatic carbocycles. The first-order chi connectivity index (χ1) is 5.08. The van der Waals surface area contributed by atoms with Crippen LogP contribution in [0.4, 0.5) is 8.78 Å². The van der Waals surface area contributed by atoms with Gasteiger partial charge in [0, 0.05) is 0 Å². The zero-order valence-electron chi connectivity index (χ0n) is 5.63. The Morgan fingerprint density at radius 2 is 1.73 bits per heavy atom. The molecule has 1 atom stereocenters. The summed E-state index contributed by atoms with van der Waals surface area (Å²) < 4.78 is 28.5. The molecule has 0 spiro atoms. The number of rotatable bonds is 2. The van der Waals surface area contributed by atoms with Gasteiger partial charge in [0.1, 0.15) is 5.75 Å². The molecule has 0 aliphatic heterocycles. The van der Waals surface area contributed by atoms with E-state index in [2.05, 4.69) is 4.74 Å². The van der Waals surface area contributed by atoms with E-state index >= 15 is 0 Å². The normalized spacial score (nSPS) is 11.2. The molecule has 0 N–H and O–H groups in total. The quantitative estimate of drug-likeness (QED) is 0.629. The smallest absolute Gasteiger partial charge is 0.408 e. The lowest BCUT2D eigenvalue weighted by Crippen LogP contribution is -2.14. The van der Waals surface area contributed by atoms with Gasteiger partial charge in [0.15, 0.2) is 0 Å². The third kappa shape index (κ3) is 3.28. The fraction of sp³-hybridized carbons (Fsp3) is 0.143. The summed E-state index contributed by atoms with van der Waals surface area (Å²) in [6.45, 7) is 0. The zero-order valence-corrected chi connectivity index (χ0v) is 6.78. The maximum Gasteiger partial charge on any atom is 0.408 e. The molecular weight excluding hydrogens is 169 g/mol. The van der Waals surface area contributed by atoms with Crippen molar-refractivity contribution in [2.75, 3.05) is 0 Å². The number of ether oxygens (including phenoxy) is 1. The van der Waals surface area contributed by atoms with Gasteiger partial charge in [0.05, 0.1) is 0 Å². The predicted molar refractivity (Wildman–Crippen MR) is 41.7 cm³/mol. The van der Waals surface area contributed by atoms with Crippen LogP contribution in [0.2, 0.25) is 0 Å². The van der Waals surface area contributed by atoms with Gasteiger partial charge in [0.2, 0.25) is 0 Å². The minimum atomic E-state index is -3.18. The van der Waals surface area contributed by atoms with Crippen LogP contribution in [0.1, 0.15) is 0 Å². The fourth-order valence-electron chi connectivity index (χ4n) is 0.646. The Bertz CT molecular complexity index is 220. The molecule has 4 heteroatoms. The fourth-order valence-corrected chi connectivity index (χ4v) is 0.782. The summed E-state index contributed by atoms with van der Waals surface area (Å²) in [5, 5.41) is 0. The third-order valence-electron chi connectivity index (χ3n) is 0.997. The van der Waals surface area contributed by atoms with E-state index in [0.717, 1.165) is 0 Å². The Hall–Kier alpha value is -0.690. The van der Waals surface area contributed by atoms with Crippen molar-refractivity contribution in [1.82, 2.24) is 0 Å². The van der Waals surface area contributed by atoms with Gasteiger partial charge in [-0.3, -0.25) is 0 Å². The number of halogens is 2. The average molecular weight is 176 g/mol. The van der Waals surface area contributed by atoms with Crippen LogP contribution in [0.5, 0.6) is 5.75 Å². The first kappa shape index (κ1) is 8.41. The third-order valence-corrected chi connectivity index (χ3v) is 1.11. The van der Waals surface area contributed by atoms with Gasteiger partial charge in [-0.05, 0) is 21.4 Å². The Labute approximate surface area is 65.6 Å².